The zero-order valence-corrected chi connectivity index (χ0v) is 11.6. The molecule has 0 unspecified atom stereocenters. The monoisotopic (exact) mass is 281 g/mol. The summed E-state index contributed by atoms with van der Waals surface area (Å²) in [6.07, 6.45) is 6.89. The fraction of sp³-hybridized carbons (Fsp3) is 0.133. The number of hydrogen-bond acceptors (Lipinski definition) is 3. The Labute approximate surface area is 122 Å². The Morgan fingerprint density at radius 2 is 2.05 bits per heavy atom. The second-order valence-corrected chi connectivity index (χ2v) is 4.76. The van der Waals surface area contributed by atoms with Gasteiger partial charge in [-0.05, 0) is 23.8 Å². The molecule has 21 heavy (non-hydrogen) atoms. The van der Waals surface area contributed by atoms with E-state index >= 15 is 0 Å². The van der Waals surface area contributed by atoms with Gasteiger partial charge in [0.15, 0.2) is 0 Å². The molecule has 6 nitrogen and oxygen atoms in total. The summed E-state index contributed by atoms with van der Waals surface area (Å²) in [4.78, 5) is 12.0. The number of carbonyl (C=O) groups is 1. The van der Waals surface area contributed by atoms with E-state index in [1.54, 1.807) is 30.3 Å². The third-order valence-electron chi connectivity index (χ3n) is 3.08. The standard InChI is InChI=1S/C15H15N5O/c1-19-11-13(9-17-19)15(21)18-14-5-3-12(4-6-14)10-20-8-2-7-16-20/h2-9,11H,10H2,1H3,(H,18,21). The number of aryl methyl sites for hydroxylation is 1. The molecule has 0 aliphatic rings. The van der Waals surface area contributed by atoms with Crippen molar-refractivity contribution in [3.63, 3.8) is 0 Å². The Morgan fingerprint density at radius 3 is 2.67 bits per heavy atom. The molecule has 0 atom stereocenters. The normalized spacial score (nSPS) is 10.5. The highest BCUT2D eigenvalue weighted by Gasteiger charge is 2.07. The number of anilines is 1. The molecule has 0 saturated carbocycles. The zero-order chi connectivity index (χ0) is 14.7. The van der Waals surface area contributed by atoms with Crippen LogP contribution in [0.3, 0.4) is 0 Å². The summed E-state index contributed by atoms with van der Waals surface area (Å²) < 4.78 is 3.45. The Morgan fingerprint density at radius 1 is 1.24 bits per heavy atom. The number of benzene rings is 1. The molecular formula is C15H15N5O. The van der Waals surface area contributed by atoms with Crippen molar-refractivity contribution in [3.05, 3.63) is 66.2 Å². The molecule has 0 aliphatic carbocycles. The van der Waals surface area contributed by atoms with Crippen LogP contribution < -0.4 is 5.32 Å². The summed E-state index contributed by atoms with van der Waals surface area (Å²) in [5, 5.41) is 11.0. The minimum atomic E-state index is -0.164. The average Bonchev–Trinajstić information content (AvgIpc) is 3.12. The fourth-order valence-corrected chi connectivity index (χ4v) is 2.02. The lowest BCUT2D eigenvalue weighted by Crippen LogP contribution is -2.11. The van der Waals surface area contributed by atoms with E-state index in [0.29, 0.717) is 12.1 Å². The van der Waals surface area contributed by atoms with Crippen LogP contribution in [0.15, 0.2) is 55.1 Å². The first-order chi connectivity index (χ1) is 10.2. The van der Waals surface area contributed by atoms with E-state index in [2.05, 4.69) is 15.5 Å². The molecular weight excluding hydrogens is 266 g/mol. The maximum atomic E-state index is 12.0. The number of hydrogen-bond donors (Lipinski definition) is 1. The van der Waals surface area contributed by atoms with Gasteiger partial charge in [0.05, 0.1) is 18.3 Å². The van der Waals surface area contributed by atoms with Gasteiger partial charge in [0.2, 0.25) is 0 Å². The van der Waals surface area contributed by atoms with E-state index < -0.39 is 0 Å². The zero-order valence-electron chi connectivity index (χ0n) is 11.6. The van der Waals surface area contributed by atoms with Crippen LogP contribution >= 0.6 is 0 Å². The predicted molar refractivity (Wildman–Crippen MR) is 78.9 cm³/mol. The van der Waals surface area contributed by atoms with Crippen LogP contribution in [0.4, 0.5) is 5.69 Å². The van der Waals surface area contributed by atoms with Crippen molar-refractivity contribution >= 4 is 11.6 Å². The highest BCUT2D eigenvalue weighted by atomic mass is 16.1. The Bertz CT molecular complexity index is 728. The van der Waals surface area contributed by atoms with Crippen molar-refractivity contribution in [1.29, 1.82) is 0 Å². The van der Waals surface area contributed by atoms with Crippen molar-refractivity contribution in [3.8, 4) is 0 Å². The molecule has 2 aromatic heterocycles. The minimum absolute atomic E-state index is 0.164. The van der Waals surface area contributed by atoms with Crippen LogP contribution in [-0.4, -0.2) is 25.5 Å². The second-order valence-electron chi connectivity index (χ2n) is 4.76. The molecule has 6 heteroatoms. The van der Waals surface area contributed by atoms with Gasteiger partial charge < -0.3 is 5.32 Å². The molecule has 106 valence electrons. The van der Waals surface area contributed by atoms with Crippen molar-refractivity contribution < 1.29 is 4.79 Å². The lowest BCUT2D eigenvalue weighted by molar-refractivity contribution is 0.102. The maximum Gasteiger partial charge on any atom is 0.258 e. The Balaban J connectivity index is 1.65. The Hall–Kier alpha value is -2.89. The van der Waals surface area contributed by atoms with Crippen molar-refractivity contribution in [2.24, 2.45) is 7.05 Å². The summed E-state index contributed by atoms with van der Waals surface area (Å²) in [6, 6.07) is 9.60. The van der Waals surface area contributed by atoms with Crippen LogP contribution in [0, 0.1) is 0 Å². The number of aromatic nitrogens is 4. The number of nitrogens with one attached hydrogen (secondary N) is 1. The van der Waals surface area contributed by atoms with E-state index in [1.807, 2.05) is 41.2 Å². The summed E-state index contributed by atoms with van der Waals surface area (Å²) in [6.45, 7) is 0.712. The van der Waals surface area contributed by atoms with Gasteiger partial charge in [0.1, 0.15) is 0 Å². The van der Waals surface area contributed by atoms with Gasteiger partial charge in [-0.1, -0.05) is 12.1 Å². The second kappa shape index (κ2) is 5.62. The summed E-state index contributed by atoms with van der Waals surface area (Å²) in [5.41, 5.74) is 2.42. The molecule has 0 saturated heterocycles. The van der Waals surface area contributed by atoms with Crippen LogP contribution in [0.25, 0.3) is 0 Å². The molecule has 0 bridgehead atoms. The molecule has 3 aromatic rings. The summed E-state index contributed by atoms with van der Waals surface area (Å²) >= 11 is 0. The number of amides is 1. The third kappa shape index (κ3) is 3.17. The Kier molecular flexibility index (Phi) is 3.51. The molecule has 0 aliphatic heterocycles. The first-order valence-electron chi connectivity index (χ1n) is 6.57. The van der Waals surface area contributed by atoms with Crippen molar-refractivity contribution in [1.82, 2.24) is 19.6 Å². The molecule has 0 fully saturated rings. The lowest BCUT2D eigenvalue weighted by Gasteiger charge is -2.06. The number of carbonyl (C=O) groups excluding carboxylic acids is 1. The molecule has 1 N–H and O–H groups in total. The molecule has 1 amide bonds. The molecule has 2 heterocycles. The summed E-state index contributed by atoms with van der Waals surface area (Å²) in [7, 11) is 1.78. The quantitative estimate of drug-likeness (QED) is 0.794. The molecule has 0 spiro atoms. The van der Waals surface area contributed by atoms with E-state index in [4.69, 9.17) is 0 Å². The van der Waals surface area contributed by atoms with E-state index in [-0.39, 0.29) is 5.91 Å². The number of nitrogens with zero attached hydrogens (tertiary/aromatic N) is 4. The van der Waals surface area contributed by atoms with Gasteiger partial charge in [-0.15, -0.1) is 0 Å². The predicted octanol–water partition coefficient (Wildman–Crippen LogP) is 1.92. The molecule has 3 rings (SSSR count). The van der Waals surface area contributed by atoms with E-state index in [9.17, 15) is 4.79 Å². The summed E-state index contributed by atoms with van der Waals surface area (Å²) in [5.74, 6) is -0.164. The van der Waals surface area contributed by atoms with E-state index in [1.165, 1.54) is 0 Å². The van der Waals surface area contributed by atoms with Crippen LogP contribution in [-0.2, 0) is 13.6 Å². The first-order valence-corrected chi connectivity index (χ1v) is 6.57. The van der Waals surface area contributed by atoms with Crippen LogP contribution in [0.5, 0.6) is 0 Å². The van der Waals surface area contributed by atoms with Gasteiger partial charge >= 0.3 is 0 Å². The minimum Gasteiger partial charge on any atom is -0.322 e. The third-order valence-corrected chi connectivity index (χ3v) is 3.08. The van der Waals surface area contributed by atoms with Crippen LogP contribution in [0.1, 0.15) is 15.9 Å². The molecule has 1 aromatic carbocycles. The molecule has 0 radical (unpaired) electrons. The fourth-order valence-electron chi connectivity index (χ4n) is 2.02. The first kappa shape index (κ1) is 13.1. The van der Waals surface area contributed by atoms with Crippen molar-refractivity contribution in [2.45, 2.75) is 6.54 Å². The lowest BCUT2D eigenvalue weighted by atomic mass is 10.2. The van der Waals surface area contributed by atoms with Crippen molar-refractivity contribution in [2.75, 3.05) is 5.32 Å². The van der Waals surface area contributed by atoms with Gasteiger partial charge in [-0.2, -0.15) is 10.2 Å². The van der Waals surface area contributed by atoms with E-state index in [0.717, 1.165) is 11.3 Å². The number of rotatable bonds is 4. The highest BCUT2D eigenvalue weighted by molar-refractivity contribution is 6.03. The average molecular weight is 281 g/mol. The smallest absolute Gasteiger partial charge is 0.258 e. The van der Waals surface area contributed by atoms with Gasteiger partial charge in [-0.25, -0.2) is 0 Å². The van der Waals surface area contributed by atoms with Crippen LogP contribution in [0.2, 0.25) is 0 Å². The maximum absolute atomic E-state index is 12.0. The van der Waals surface area contributed by atoms with Gasteiger partial charge in [0.25, 0.3) is 5.91 Å². The topological polar surface area (TPSA) is 64.7 Å². The van der Waals surface area contributed by atoms with Gasteiger partial charge in [-0.3, -0.25) is 14.2 Å². The SMILES string of the molecule is Cn1cc(C(=O)Nc2ccc(Cn3cccn3)cc2)cn1. The highest BCUT2D eigenvalue weighted by Crippen LogP contribution is 2.12. The largest absolute Gasteiger partial charge is 0.322 e. The van der Waals surface area contributed by atoms with Gasteiger partial charge in [0, 0.05) is 31.3 Å².